The summed E-state index contributed by atoms with van der Waals surface area (Å²) in [5, 5.41) is 2.27. The number of anilines is 3. The van der Waals surface area contributed by atoms with Gasteiger partial charge in [0, 0.05) is 27.7 Å². The van der Waals surface area contributed by atoms with Crippen LogP contribution in [0.15, 0.2) is 229 Å². The number of hydrogen-bond acceptors (Lipinski definition) is 2. The van der Waals surface area contributed by atoms with E-state index in [0.717, 1.165) is 61.3 Å². The minimum absolute atomic E-state index is 0.898. The van der Waals surface area contributed by atoms with Crippen LogP contribution < -0.4 is 4.90 Å². The molecule has 0 saturated carbocycles. The molecule has 0 fully saturated rings. The van der Waals surface area contributed by atoms with Crippen molar-refractivity contribution in [2.24, 2.45) is 0 Å². The number of nitrogens with zero attached hydrogens (tertiary/aromatic N) is 1. The van der Waals surface area contributed by atoms with Crippen molar-refractivity contribution in [3.63, 3.8) is 0 Å². The lowest BCUT2D eigenvalue weighted by Gasteiger charge is -2.29. The first kappa shape index (κ1) is 33.2. The van der Waals surface area contributed by atoms with Gasteiger partial charge in [0.25, 0.3) is 0 Å². The standard InChI is InChI=1S/C54H37NO/c1-4-13-38(14-5-1)40-23-25-42(26-24-40)45-31-36-51(50(37-45)43-17-8-3-9-18-43)55(46-32-27-41(28-33-46)39-15-6-2-7-16-39)47-34-29-44(30-35-47)48-20-12-22-53-54(48)49-19-10-11-21-52(49)56-53/h1-37H. The molecule has 1 aromatic heterocycles. The molecule has 10 aromatic rings. The third-order valence-corrected chi connectivity index (χ3v) is 10.7. The molecule has 264 valence electrons. The summed E-state index contributed by atoms with van der Waals surface area (Å²) in [6, 6.07) is 80.1. The Morgan fingerprint density at radius 2 is 0.714 bits per heavy atom. The highest BCUT2D eigenvalue weighted by atomic mass is 16.3. The largest absolute Gasteiger partial charge is 0.456 e. The van der Waals surface area contributed by atoms with Gasteiger partial charge >= 0.3 is 0 Å². The molecule has 2 heteroatoms. The molecule has 0 unspecified atom stereocenters. The lowest BCUT2D eigenvalue weighted by Crippen LogP contribution is -2.11. The minimum Gasteiger partial charge on any atom is -0.456 e. The second-order valence-corrected chi connectivity index (χ2v) is 14.1. The van der Waals surface area contributed by atoms with Gasteiger partial charge in [0.1, 0.15) is 11.2 Å². The van der Waals surface area contributed by atoms with Crippen LogP contribution in [0.4, 0.5) is 17.1 Å². The number of benzene rings is 9. The van der Waals surface area contributed by atoms with Crippen molar-refractivity contribution in [1.82, 2.24) is 0 Å². The Labute approximate surface area is 327 Å². The zero-order valence-electron chi connectivity index (χ0n) is 30.7. The quantitative estimate of drug-likeness (QED) is 0.156. The number of rotatable bonds is 8. The molecule has 0 aliphatic rings. The van der Waals surface area contributed by atoms with Crippen LogP contribution in [0, 0.1) is 0 Å². The summed E-state index contributed by atoms with van der Waals surface area (Å²) in [6.07, 6.45) is 0. The van der Waals surface area contributed by atoms with E-state index >= 15 is 0 Å². The first-order chi connectivity index (χ1) is 27.8. The van der Waals surface area contributed by atoms with Crippen molar-refractivity contribution in [2.45, 2.75) is 0 Å². The van der Waals surface area contributed by atoms with E-state index in [2.05, 4.69) is 217 Å². The smallest absolute Gasteiger partial charge is 0.136 e. The highest BCUT2D eigenvalue weighted by molar-refractivity contribution is 6.12. The normalized spacial score (nSPS) is 11.2. The van der Waals surface area contributed by atoms with Crippen molar-refractivity contribution in [3.8, 4) is 55.6 Å². The van der Waals surface area contributed by atoms with Crippen LogP contribution in [0.3, 0.4) is 0 Å². The van der Waals surface area contributed by atoms with Crippen molar-refractivity contribution < 1.29 is 4.42 Å². The van der Waals surface area contributed by atoms with Crippen LogP contribution in [0.1, 0.15) is 0 Å². The Balaban J connectivity index is 1.11. The molecule has 0 atom stereocenters. The molecule has 0 aliphatic heterocycles. The van der Waals surface area contributed by atoms with E-state index in [1.165, 1.54) is 33.4 Å². The lowest BCUT2D eigenvalue weighted by molar-refractivity contribution is 0.669. The molecular weight excluding hydrogens is 679 g/mol. The van der Waals surface area contributed by atoms with E-state index in [1.807, 2.05) is 12.1 Å². The lowest BCUT2D eigenvalue weighted by atomic mass is 9.94. The van der Waals surface area contributed by atoms with Crippen LogP contribution in [-0.2, 0) is 0 Å². The van der Waals surface area contributed by atoms with Gasteiger partial charge in [0.2, 0.25) is 0 Å². The fraction of sp³-hybridized carbons (Fsp3) is 0. The van der Waals surface area contributed by atoms with Gasteiger partial charge in [-0.25, -0.2) is 0 Å². The van der Waals surface area contributed by atoms with Gasteiger partial charge in [-0.1, -0.05) is 176 Å². The topological polar surface area (TPSA) is 16.4 Å². The maximum absolute atomic E-state index is 6.25. The van der Waals surface area contributed by atoms with Gasteiger partial charge in [-0.3, -0.25) is 0 Å². The summed E-state index contributed by atoms with van der Waals surface area (Å²) in [5.74, 6) is 0. The summed E-state index contributed by atoms with van der Waals surface area (Å²) in [4.78, 5) is 2.39. The number of hydrogen-bond donors (Lipinski definition) is 0. The van der Waals surface area contributed by atoms with E-state index in [0.29, 0.717) is 0 Å². The van der Waals surface area contributed by atoms with Crippen molar-refractivity contribution in [1.29, 1.82) is 0 Å². The van der Waals surface area contributed by atoms with Gasteiger partial charge < -0.3 is 9.32 Å². The summed E-state index contributed by atoms with van der Waals surface area (Å²) >= 11 is 0. The van der Waals surface area contributed by atoms with Crippen molar-refractivity contribution >= 4 is 39.0 Å². The highest BCUT2D eigenvalue weighted by Crippen LogP contribution is 2.44. The molecular formula is C54H37NO. The molecule has 9 aromatic carbocycles. The average Bonchev–Trinajstić information content (AvgIpc) is 3.67. The predicted octanol–water partition coefficient (Wildman–Crippen LogP) is 15.4. The van der Waals surface area contributed by atoms with Crippen LogP contribution in [0.25, 0.3) is 77.6 Å². The molecule has 0 amide bonds. The zero-order valence-corrected chi connectivity index (χ0v) is 30.7. The SMILES string of the molecule is c1ccc(-c2ccc(-c3ccc(N(c4ccc(-c5ccccc5)cc4)c4ccc(-c5cccc6oc7ccccc7c56)cc4)c(-c4ccccc4)c3)cc2)cc1. The Hall–Kier alpha value is -7.42. The van der Waals surface area contributed by atoms with E-state index in [-0.39, 0.29) is 0 Å². The zero-order chi connectivity index (χ0) is 37.3. The molecule has 0 aliphatic carbocycles. The summed E-state index contributed by atoms with van der Waals surface area (Å²) in [7, 11) is 0. The Morgan fingerprint density at radius 3 is 1.32 bits per heavy atom. The fourth-order valence-electron chi connectivity index (χ4n) is 7.91. The van der Waals surface area contributed by atoms with Crippen LogP contribution >= 0.6 is 0 Å². The number of fused-ring (bicyclic) bond motifs is 3. The van der Waals surface area contributed by atoms with Crippen LogP contribution in [0.5, 0.6) is 0 Å². The molecule has 2 nitrogen and oxygen atoms in total. The van der Waals surface area contributed by atoms with Gasteiger partial charge in [-0.2, -0.15) is 0 Å². The molecule has 0 bridgehead atoms. The third kappa shape index (κ3) is 6.24. The van der Waals surface area contributed by atoms with Crippen LogP contribution in [-0.4, -0.2) is 0 Å². The Kier molecular flexibility index (Phi) is 8.55. The molecule has 0 radical (unpaired) electrons. The summed E-state index contributed by atoms with van der Waals surface area (Å²) in [6.45, 7) is 0. The van der Waals surface area contributed by atoms with Crippen molar-refractivity contribution in [3.05, 3.63) is 224 Å². The average molecular weight is 716 g/mol. The molecule has 0 saturated heterocycles. The van der Waals surface area contributed by atoms with E-state index in [1.54, 1.807) is 0 Å². The minimum atomic E-state index is 0.898. The maximum Gasteiger partial charge on any atom is 0.136 e. The maximum atomic E-state index is 6.25. The van der Waals surface area contributed by atoms with Gasteiger partial charge in [-0.05, 0) is 98.6 Å². The van der Waals surface area contributed by atoms with E-state index in [9.17, 15) is 0 Å². The van der Waals surface area contributed by atoms with Crippen LogP contribution in [0.2, 0.25) is 0 Å². The monoisotopic (exact) mass is 715 g/mol. The second-order valence-electron chi connectivity index (χ2n) is 14.1. The van der Waals surface area contributed by atoms with E-state index in [4.69, 9.17) is 4.42 Å². The molecule has 0 N–H and O–H groups in total. The molecule has 56 heavy (non-hydrogen) atoms. The fourth-order valence-corrected chi connectivity index (χ4v) is 7.91. The highest BCUT2D eigenvalue weighted by Gasteiger charge is 2.20. The van der Waals surface area contributed by atoms with Gasteiger partial charge in [0.15, 0.2) is 0 Å². The Morgan fingerprint density at radius 1 is 0.286 bits per heavy atom. The second kappa shape index (κ2) is 14.4. The Bertz CT molecular complexity index is 2910. The first-order valence-corrected chi connectivity index (χ1v) is 19.1. The van der Waals surface area contributed by atoms with Gasteiger partial charge in [0.05, 0.1) is 5.69 Å². The van der Waals surface area contributed by atoms with Crippen molar-refractivity contribution in [2.75, 3.05) is 4.90 Å². The number of para-hydroxylation sites is 1. The molecule has 0 spiro atoms. The first-order valence-electron chi connectivity index (χ1n) is 19.1. The molecule has 10 rings (SSSR count). The van der Waals surface area contributed by atoms with Gasteiger partial charge in [-0.15, -0.1) is 0 Å². The number of furan rings is 1. The summed E-state index contributed by atoms with van der Waals surface area (Å²) in [5.41, 5.74) is 16.8. The summed E-state index contributed by atoms with van der Waals surface area (Å²) < 4.78 is 6.25. The third-order valence-electron chi connectivity index (χ3n) is 10.7. The van der Waals surface area contributed by atoms with E-state index < -0.39 is 0 Å². The predicted molar refractivity (Wildman–Crippen MR) is 236 cm³/mol. The molecule has 1 heterocycles.